The molecule has 1 aromatic rings. The number of hydrogen-bond acceptors (Lipinski definition) is 3. The molecular weight excluding hydrogens is 272 g/mol. The van der Waals surface area contributed by atoms with Crippen LogP contribution in [0.3, 0.4) is 0 Å². The van der Waals surface area contributed by atoms with Crippen molar-refractivity contribution in [2.24, 2.45) is 11.7 Å². The van der Waals surface area contributed by atoms with E-state index in [0.717, 1.165) is 18.4 Å². The summed E-state index contributed by atoms with van der Waals surface area (Å²) >= 11 is 0. The molecule has 0 aromatic heterocycles. The molecule has 0 spiro atoms. The Morgan fingerprint density at radius 2 is 1.90 bits per heavy atom. The molecule has 1 saturated carbocycles. The summed E-state index contributed by atoms with van der Waals surface area (Å²) in [5, 5.41) is 0. The van der Waals surface area contributed by atoms with Gasteiger partial charge in [-0.15, -0.1) is 0 Å². The molecule has 110 valence electrons. The molecular formula is C15H22N2O2S. The third-order valence-corrected chi connectivity index (χ3v) is 6.52. The molecule has 1 aliphatic carbocycles. The molecule has 1 atom stereocenters. The number of sulfonamides is 1. The zero-order valence-corrected chi connectivity index (χ0v) is 12.5. The first-order valence-electron chi connectivity index (χ1n) is 7.42. The monoisotopic (exact) mass is 294 g/mol. The molecule has 5 heteroatoms. The van der Waals surface area contributed by atoms with E-state index in [9.17, 15) is 8.42 Å². The van der Waals surface area contributed by atoms with E-state index < -0.39 is 10.0 Å². The summed E-state index contributed by atoms with van der Waals surface area (Å²) < 4.78 is 26.5. The van der Waals surface area contributed by atoms with Crippen molar-refractivity contribution in [3.05, 3.63) is 29.8 Å². The molecule has 3 rings (SSSR count). The predicted octanol–water partition coefficient (Wildman–Crippen LogP) is 2.10. The molecule has 4 nitrogen and oxygen atoms in total. The van der Waals surface area contributed by atoms with Gasteiger partial charge in [-0.2, -0.15) is 4.31 Å². The van der Waals surface area contributed by atoms with Gasteiger partial charge in [-0.1, -0.05) is 37.5 Å². The lowest BCUT2D eigenvalue weighted by atomic mass is 9.84. The van der Waals surface area contributed by atoms with Crippen molar-refractivity contribution in [2.75, 3.05) is 6.54 Å². The highest BCUT2D eigenvalue weighted by molar-refractivity contribution is 7.89. The summed E-state index contributed by atoms with van der Waals surface area (Å²) in [6, 6.07) is 7.20. The van der Waals surface area contributed by atoms with Gasteiger partial charge >= 0.3 is 0 Å². The highest BCUT2D eigenvalue weighted by atomic mass is 32.2. The highest BCUT2D eigenvalue weighted by Gasteiger charge is 2.36. The average molecular weight is 294 g/mol. The first kappa shape index (κ1) is 14.0. The van der Waals surface area contributed by atoms with Gasteiger partial charge in [-0.3, -0.25) is 0 Å². The van der Waals surface area contributed by atoms with Crippen molar-refractivity contribution in [2.45, 2.75) is 49.6 Å². The topological polar surface area (TPSA) is 63.4 Å². The van der Waals surface area contributed by atoms with Crippen LogP contribution in [0.4, 0.5) is 0 Å². The van der Waals surface area contributed by atoms with E-state index in [1.54, 1.807) is 16.4 Å². The zero-order valence-electron chi connectivity index (χ0n) is 11.7. The molecule has 2 N–H and O–H groups in total. The van der Waals surface area contributed by atoms with Crippen LogP contribution in [0.5, 0.6) is 0 Å². The van der Waals surface area contributed by atoms with Crippen LogP contribution < -0.4 is 5.73 Å². The molecule has 20 heavy (non-hydrogen) atoms. The van der Waals surface area contributed by atoms with Gasteiger partial charge in [0.25, 0.3) is 0 Å². The minimum atomic E-state index is -3.33. The zero-order chi connectivity index (χ0) is 14.2. The normalized spacial score (nSPS) is 24.4. The van der Waals surface area contributed by atoms with E-state index in [2.05, 4.69) is 0 Å². The van der Waals surface area contributed by atoms with Crippen molar-refractivity contribution < 1.29 is 8.42 Å². The molecule has 0 saturated heterocycles. The van der Waals surface area contributed by atoms with Gasteiger partial charge in [0.15, 0.2) is 0 Å². The first-order chi connectivity index (χ1) is 9.59. The lowest BCUT2D eigenvalue weighted by molar-refractivity contribution is 0.266. The maximum Gasteiger partial charge on any atom is 0.243 e. The first-order valence-corrected chi connectivity index (χ1v) is 8.86. The third kappa shape index (κ3) is 2.50. The number of benzene rings is 1. The van der Waals surface area contributed by atoms with Crippen LogP contribution >= 0.6 is 0 Å². The molecule has 1 fully saturated rings. The fraction of sp³-hybridized carbons (Fsp3) is 0.600. The Hall–Kier alpha value is -0.910. The molecule has 0 unspecified atom stereocenters. The standard InChI is InChI=1S/C15H22N2O2S/c16-14(12-6-2-1-3-7-12)11-17-10-13-8-4-5-9-15(13)20(17,18)19/h4-5,8-9,12,14H,1-3,6-7,10-11,16H2/t14-/m1/s1. The van der Waals surface area contributed by atoms with Crippen molar-refractivity contribution in [1.82, 2.24) is 4.31 Å². The SMILES string of the molecule is N[C@H](CN1Cc2ccccc2S1(=O)=O)C1CCCCC1. The number of hydrogen-bond donors (Lipinski definition) is 1. The maximum absolute atomic E-state index is 12.5. The Balaban J connectivity index is 1.73. The lowest BCUT2D eigenvalue weighted by Gasteiger charge is -2.29. The molecule has 0 radical (unpaired) electrons. The van der Waals surface area contributed by atoms with Crippen LogP contribution in [0.25, 0.3) is 0 Å². The average Bonchev–Trinajstić information content (AvgIpc) is 2.72. The quantitative estimate of drug-likeness (QED) is 0.928. The maximum atomic E-state index is 12.5. The summed E-state index contributed by atoms with van der Waals surface area (Å²) in [6.45, 7) is 0.917. The van der Waals surface area contributed by atoms with Crippen molar-refractivity contribution >= 4 is 10.0 Å². The van der Waals surface area contributed by atoms with Gasteiger partial charge in [0.1, 0.15) is 0 Å². The Morgan fingerprint density at radius 3 is 2.60 bits per heavy atom. The Morgan fingerprint density at radius 1 is 1.20 bits per heavy atom. The van der Waals surface area contributed by atoms with E-state index in [1.807, 2.05) is 12.1 Å². The van der Waals surface area contributed by atoms with E-state index in [4.69, 9.17) is 5.73 Å². The molecule has 1 aromatic carbocycles. The van der Waals surface area contributed by atoms with Crippen molar-refractivity contribution in [1.29, 1.82) is 0 Å². The second kappa shape index (κ2) is 5.47. The van der Waals surface area contributed by atoms with Gasteiger partial charge < -0.3 is 5.73 Å². The van der Waals surface area contributed by atoms with Gasteiger partial charge in [0, 0.05) is 19.1 Å². The second-order valence-electron chi connectivity index (χ2n) is 5.97. The molecule has 0 amide bonds. The van der Waals surface area contributed by atoms with Gasteiger partial charge in [0.05, 0.1) is 4.90 Å². The number of nitrogens with zero attached hydrogens (tertiary/aromatic N) is 1. The van der Waals surface area contributed by atoms with Crippen LogP contribution in [-0.4, -0.2) is 25.3 Å². The summed E-state index contributed by atoms with van der Waals surface area (Å²) in [5.74, 6) is 0.475. The van der Waals surface area contributed by atoms with Crippen LogP contribution in [0.2, 0.25) is 0 Å². The predicted molar refractivity (Wildman–Crippen MR) is 78.6 cm³/mol. The molecule has 2 aliphatic rings. The van der Waals surface area contributed by atoms with Crippen LogP contribution in [0.15, 0.2) is 29.2 Å². The van der Waals surface area contributed by atoms with E-state index in [1.165, 1.54) is 19.3 Å². The fourth-order valence-electron chi connectivity index (χ4n) is 3.41. The molecule has 1 aliphatic heterocycles. The Labute approximate surface area is 121 Å². The number of rotatable bonds is 3. The van der Waals surface area contributed by atoms with Gasteiger partial charge in [0.2, 0.25) is 10.0 Å². The van der Waals surface area contributed by atoms with Crippen LogP contribution in [-0.2, 0) is 16.6 Å². The Kier molecular flexibility index (Phi) is 3.84. The summed E-state index contributed by atoms with van der Waals surface area (Å²) in [7, 11) is -3.33. The largest absolute Gasteiger partial charge is 0.326 e. The van der Waals surface area contributed by atoms with Gasteiger partial charge in [-0.05, 0) is 30.4 Å². The summed E-state index contributed by atoms with van der Waals surface area (Å²) in [6.07, 6.45) is 6.03. The van der Waals surface area contributed by atoms with Crippen LogP contribution in [0, 0.1) is 5.92 Å². The second-order valence-corrected chi connectivity index (χ2v) is 7.87. The smallest absolute Gasteiger partial charge is 0.243 e. The molecule has 1 heterocycles. The van der Waals surface area contributed by atoms with E-state index in [-0.39, 0.29) is 6.04 Å². The molecule has 0 bridgehead atoms. The van der Waals surface area contributed by atoms with E-state index in [0.29, 0.717) is 23.9 Å². The fourth-order valence-corrected chi connectivity index (χ4v) is 5.08. The van der Waals surface area contributed by atoms with Gasteiger partial charge in [-0.25, -0.2) is 8.42 Å². The van der Waals surface area contributed by atoms with Crippen LogP contribution in [0.1, 0.15) is 37.7 Å². The van der Waals surface area contributed by atoms with E-state index >= 15 is 0 Å². The van der Waals surface area contributed by atoms with Crippen molar-refractivity contribution in [3.8, 4) is 0 Å². The minimum Gasteiger partial charge on any atom is -0.326 e. The number of nitrogens with two attached hydrogens (primary N) is 1. The summed E-state index contributed by atoms with van der Waals surface area (Å²) in [4.78, 5) is 0.454. The number of fused-ring (bicyclic) bond motifs is 1. The third-order valence-electron chi connectivity index (χ3n) is 4.61. The lowest BCUT2D eigenvalue weighted by Crippen LogP contribution is -2.43. The minimum absolute atomic E-state index is 0.0422. The highest BCUT2D eigenvalue weighted by Crippen LogP contribution is 2.32. The summed E-state index contributed by atoms with van der Waals surface area (Å²) in [5.41, 5.74) is 7.17. The van der Waals surface area contributed by atoms with Crippen molar-refractivity contribution in [3.63, 3.8) is 0 Å². The Bertz CT molecular complexity index is 579.